The van der Waals surface area contributed by atoms with Gasteiger partial charge in [-0.3, -0.25) is 19.3 Å². The molecular formula is C24H36N4O6. The predicted octanol–water partition coefficient (Wildman–Crippen LogP) is 0.412. The smallest absolute Gasteiger partial charge is 0.323 e. The van der Waals surface area contributed by atoms with Crippen molar-refractivity contribution >= 4 is 23.5 Å². The normalized spacial score (nSPS) is 18.2. The maximum absolute atomic E-state index is 12.5. The Kier molecular flexibility index (Phi) is 10.1. The molecule has 3 rings (SSSR count). The number of hydrogen-bond donors (Lipinski definition) is 2. The first kappa shape index (κ1) is 25.9. The second kappa shape index (κ2) is 13.3. The summed E-state index contributed by atoms with van der Waals surface area (Å²) in [6.07, 6.45) is 1.58. The van der Waals surface area contributed by atoms with Crippen LogP contribution in [0.25, 0.3) is 0 Å². The molecule has 2 saturated heterocycles. The fourth-order valence-corrected chi connectivity index (χ4v) is 4.27. The largest absolute Gasteiger partial charge is 0.469 e. The fraction of sp³-hybridized carbons (Fsp3) is 0.625. The molecule has 188 valence electrons. The second-order valence-electron chi connectivity index (χ2n) is 8.54. The molecule has 1 amide bonds. The molecule has 34 heavy (non-hydrogen) atoms. The molecule has 0 bridgehead atoms. The van der Waals surface area contributed by atoms with E-state index >= 15 is 0 Å². The van der Waals surface area contributed by atoms with Gasteiger partial charge in [-0.25, -0.2) is 0 Å². The molecular weight excluding hydrogens is 440 g/mol. The van der Waals surface area contributed by atoms with Crippen LogP contribution in [0.15, 0.2) is 24.3 Å². The van der Waals surface area contributed by atoms with Gasteiger partial charge in [0.05, 0.1) is 33.9 Å². The third-order valence-corrected chi connectivity index (χ3v) is 6.33. The number of rotatable bonds is 10. The van der Waals surface area contributed by atoms with E-state index in [9.17, 15) is 14.4 Å². The van der Waals surface area contributed by atoms with Crippen LogP contribution in [0.1, 0.15) is 29.6 Å². The number of methoxy groups -OCH3 is 2. The molecule has 0 aliphatic carbocycles. The van der Waals surface area contributed by atoms with Crippen molar-refractivity contribution in [3.8, 4) is 0 Å². The van der Waals surface area contributed by atoms with E-state index in [0.717, 1.165) is 64.5 Å². The SMILES string of the molecule is COC(=O)CC(NC1CCN(c2ccc(C(=O)NCCN3CCOCC3)cc2)CC1)C(=O)OC. The third-order valence-electron chi connectivity index (χ3n) is 6.33. The molecule has 10 heteroatoms. The number of piperidine rings is 1. The van der Waals surface area contributed by atoms with E-state index in [0.29, 0.717) is 12.1 Å². The van der Waals surface area contributed by atoms with Gasteiger partial charge in [0.15, 0.2) is 0 Å². The van der Waals surface area contributed by atoms with Crippen molar-refractivity contribution in [1.82, 2.24) is 15.5 Å². The number of hydrogen-bond acceptors (Lipinski definition) is 9. The Bertz CT molecular complexity index is 804. The number of amides is 1. The summed E-state index contributed by atoms with van der Waals surface area (Å²) in [4.78, 5) is 40.6. The van der Waals surface area contributed by atoms with Crippen molar-refractivity contribution in [2.75, 3.05) is 71.6 Å². The summed E-state index contributed by atoms with van der Waals surface area (Å²) in [6, 6.07) is 7.04. The highest BCUT2D eigenvalue weighted by atomic mass is 16.5. The van der Waals surface area contributed by atoms with Crippen LogP contribution in [0.4, 0.5) is 5.69 Å². The van der Waals surface area contributed by atoms with Crippen molar-refractivity contribution in [2.45, 2.75) is 31.3 Å². The molecule has 2 aliphatic heterocycles. The van der Waals surface area contributed by atoms with E-state index in [1.165, 1.54) is 14.2 Å². The maximum atomic E-state index is 12.5. The van der Waals surface area contributed by atoms with Gasteiger partial charge in [0, 0.05) is 56.6 Å². The molecule has 1 atom stereocenters. The van der Waals surface area contributed by atoms with E-state index in [1.54, 1.807) is 0 Å². The Balaban J connectivity index is 1.43. The molecule has 10 nitrogen and oxygen atoms in total. The zero-order valence-electron chi connectivity index (χ0n) is 20.1. The molecule has 0 radical (unpaired) electrons. The van der Waals surface area contributed by atoms with Gasteiger partial charge in [-0.05, 0) is 37.1 Å². The van der Waals surface area contributed by atoms with Gasteiger partial charge < -0.3 is 29.7 Å². The third kappa shape index (κ3) is 7.68. The minimum atomic E-state index is -0.713. The first-order valence-corrected chi connectivity index (χ1v) is 11.8. The van der Waals surface area contributed by atoms with Crippen LogP contribution in [0, 0.1) is 0 Å². The lowest BCUT2D eigenvalue weighted by Gasteiger charge is -2.35. The molecule has 2 aliphatic rings. The van der Waals surface area contributed by atoms with E-state index in [4.69, 9.17) is 9.47 Å². The van der Waals surface area contributed by atoms with Gasteiger partial charge in [0.25, 0.3) is 5.91 Å². The Morgan fingerprint density at radius 1 is 1.03 bits per heavy atom. The minimum Gasteiger partial charge on any atom is -0.469 e. The monoisotopic (exact) mass is 476 g/mol. The molecule has 2 fully saturated rings. The number of esters is 2. The number of ether oxygens (including phenoxy) is 3. The number of carbonyl (C=O) groups excluding carboxylic acids is 3. The van der Waals surface area contributed by atoms with Gasteiger partial charge in [-0.1, -0.05) is 0 Å². The van der Waals surface area contributed by atoms with Crippen molar-refractivity contribution < 1.29 is 28.6 Å². The average Bonchev–Trinajstić information content (AvgIpc) is 2.88. The Labute approximate surface area is 200 Å². The zero-order valence-corrected chi connectivity index (χ0v) is 20.1. The van der Waals surface area contributed by atoms with Crippen LogP contribution < -0.4 is 15.5 Å². The number of nitrogens with zero attached hydrogens (tertiary/aromatic N) is 2. The number of morpholine rings is 1. The summed E-state index contributed by atoms with van der Waals surface area (Å²) in [6.45, 7) is 6.36. The lowest BCUT2D eigenvalue weighted by molar-refractivity contribution is -0.149. The Morgan fingerprint density at radius 3 is 2.32 bits per heavy atom. The lowest BCUT2D eigenvalue weighted by Crippen LogP contribution is -2.50. The predicted molar refractivity (Wildman–Crippen MR) is 127 cm³/mol. The van der Waals surface area contributed by atoms with Gasteiger partial charge in [0.2, 0.25) is 0 Å². The van der Waals surface area contributed by atoms with Crippen LogP contribution in [0.3, 0.4) is 0 Å². The quantitative estimate of drug-likeness (QED) is 0.464. The van der Waals surface area contributed by atoms with Crippen molar-refractivity contribution in [3.05, 3.63) is 29.8 Å². The van der Waals surface area contributed by atoms with Crippen LogP contribution in [-0.4, -0.2) is 102 Å². The van der Waals surface area contributed by atoms with Crippen LogP contribution >= 0.6 is 0 Å². The maximum Gasteiger partial charge on any atom is 0.323 e. The first-order chi connectivity index (χ1) is 16.5. The number of carbonyl (C=O) groups is 3. The number of benzene rings is 1. The van der Waals surface area contributed by atoms with Crippen LogP contribution in [0.2, 0.25) is 0 Å². The standard InChI is InChI=1S/C24H36N4O6/c1-32-22(29)17-21(24(31)33-2)26-19-7-10-28(11-8-19)20-5-3-18(4-6-20)23(30)25-9-12-27-13-15-34-16-14-27/h3-6,19,21,26H,7-17H2,1-2H3,(H,25,30). The van der Waals surface area contributed by atoms with E-state index in [2.05, 4.69) is 25.2 Å². The zero-order chi connectivity index (χ0) is 24.3. The number of nitrogens with one attached hydrogen (secondary N) is 2. The second-order valence-corrected chi connectivity index (χ2v) is 8.54. The van der Waals surface area contributed by atoms with Crippen LogP contribution in [0.5, 0.6) is 0 Å². The molecule has 0 spiro atoms. The molecule has 0 saturated carbocycles. The minimum absolute atomic E-state index is 0.0562. The van der Waals surface area contributed by atoms with Gasteiger partial charge in [0.1, 0.15) is 6.04 Å². The van der Waals surface area contributed by atoms with Gasteiger partial charge >= 0.3 is 11.9 Å². The topological polar surface area (TPSA) is 109 Å². The summed E-state index contributed by atoms with van der Waals surface area (Å²) >= 11 is 0. The van der Waals surface area contributed by atoms with E-state index in [1.807, 2.05) is 24.3 Å². The Hall–Kier alpha value is -2.69. The molecule has 2 N–H and O–H groups in total. The summed E-state index contributed by atoms with van der Waals surface area (Å²) in [5.41, 5.74) is 1.70. The Morgan fingerprint density at radius 2 is 1.71 bits per heavy atom. The first-order valence-electron chi connectivity index (χ1n) is 11.8. The summed E-state index contributed by atoms with van der Waals surface area (Å²) in [5.74, 6) is -0.987. The lowest BCUT2D eigenvalue weighted by atomic mass is 10.0. The fourth-order valence-electron chi connectivity index (χ4n) is 4.27. The van der Waals surface area contributed by atoms with Crippen molar-refractivity contribution in [3.63, 3.8) is 0 Å². The van der Waals surface area contributed by atoms with Crippen molar-refractivity contribution in [1.29, 1.82) is 0 Å². The van der Waals surface area contributed by atoms with Gasteiger partial charge in [-0.2, -0.15) is 0 Å². The summed E-state index contributed by atoms with van der Waals surface area (Å²) < 4.78 is 14.8. The molecule has 0 aromatic heterocycles. The van der Waals surface area contributed by atoms with E-state index in [-0.39, 0.29) is 18.4 Å². The van der Waals surface area contributed by atoms with E-state index < -0.39 is 18.0 Å². The molecule has 1 aromatic carbocycles. The van der Waals surface area contributed by atoms with Crippen molar-refractivity contribution in [2.24, 2.45) is 0 Å². The summed E-state index contributed by atoms with van der Waals surface area (Å²) in [5, 5.41) is 6.23. The highest BCUT2D eigenvalue weighted by molar-refractivity contribution is 5.94. The summed E-state index contributed by atoms with van der Waals surface area (Å²) in [7, 11) is 2.61. The molecule has 2 heterocycles. The van der Waals surface area contributed by atoms with Gasteiger partial charge in [-0.15, -0.1) is 0 Å². The average molecular weight is 477 g/mol. The van der Waals surface area contributed by atoms with Crippen LogP contribution in [-0.2, 0) is 23.8 Å². The number of anilines is 1. The highest BCUT2D eigenvalue weighted by Gasteiger charge is 2.28. The highest BCUT2D eigenvalue weighted by Crippen LogP contribution is 2.21. The molecule has 1 aromatic rings. The molecule has 1 unspecified atom stereocenters.